The Kier molecular flexibility index (Phi) is 3.16. The van der Waals surface area contributed by atoms with E-state index in [1.54, 1.807) is 31.3 Å². The number of hydrogen-bond acceptors (Lipinski definition) is 2. The third-order valence-corrected chi connectivity index (χ3v) is 2.63. The summed E-state index contributed by atoms with van der Waals surface area (Å²) < 4.78 is 41.9. The number of fused-ring (bicyclic) bond motifs is 1. The minimum atomic E-state index is -4.67. The zero-order valence-corrected chi connectivity index (χ0v) is 9.57. The number of imidazole rings is 1. The molecular formula is C11H11F3N2O2. The monoisotopic (exact) mass is 260 g/mol. The molecule has 0 saturated carbocycles. The molecule has 0 aliphatic heterocycles. The summed E-state index contributed by atoms with van der Waals surface area (Å²) in [5.74, 6) is 0. The maximum absolute atomic E-state index is 11.9. The van der Waals surface area contributed by atoms with E-state index in [1.165, 1.54) is 9.13 Å². The van der Waals surface area contributed by atoms with Gasteiger partial charge in [0.2, 0.25) is 0 Å². The lowest BCUT2D eigenvalue weighted by atomic mass is 10.3. The van der Waals surface area contributed by atoms with Crippen LogP contribution in [-0.4, -0.2) is 22.1 Å². The van der Waals surface area contributed by atoms with E-state index in [-0.39, 0.29) is 12.2 Å². The molecule has 0 amide bonds. The fourth-order valence-corrected chi connectivity index (χ4v) is 1.83. The summed E-state index contributed by atoms with van der Waals surface area (Å²) in [7, 11) is 1.58. The van der Waals surface area contributed by atoms with Gasteiger partial charge in [0.15, 0.2) is 0 Å². The van der Waals surface area contributed by atoms with Crippen molar-refractivity contribution in [3.63, 3.8) is 0 Å². The van der Waals surface area contributed by atoms with Crippen molar-refractivity contribution in [2.45, 2.75) is 12.9 Å². The first-order valence-corrected chi connectivity index (χ1v) is 5.25. The predicted molar refractivity (Wildman–Crippen MR) is 59.2 cm³/mol. The topological polar surface area (TPSA) is 36.2 Å². The van der Waals surface area contributed by atoms with Crippen LogP contribution in [0.2, 0.25) is 0 Å². The van der Waals surface area contributed by atoms with Gasteiger partial charge in [-0.15, -0.1) is 13.2 Å². The van der Waals surface area contributed by atoms with Crippen molar-refractivity contribution in [3.8, 4) is 0 Å². The second kappa shape index (κ2) is 4.49. The zero-order valence-electron chi connectivity index (χ0n) is 9.57. The summed E-state index contributed by atoms with van der Waals surface area (Å²) in [5.41, 5.74) is 0.909. The van der Waals surface area contributed by atoms with Crippen molar-refractivity contribution in [2.24, 2.45) is 7.05 Å². The van der Waals surface area contributed by atoms with Crippen molar-refractivity contribution in [2.75, 3.05) is 6.61 Å². The number of halogens is 3. The normalized spacial score (nSPS) is 12.2. The van der Waals surface area contributed by atoms with Gasteiger partial charge in [0, 0.05) is 7.05 Å². The molecule has 7 heteroatoms. The molecule has 0 saturated heterocycles. The molecule has 18 heavy (non-hydrogen) atoms. The van der Waals surface area contributed by atoms with Gasteiger partial charge in [-0.25, -0.2) is 4.79 Å². The van der Waals surface area contributed by atoms with E-state index in [9.17, 15) is 18.0 Å². The third kappa shape index (κ3) is 2.40. The third-order valence-electron chi connectivity index (χ3n) is 2.63. The fourth-order valence-electron chi connectivity index (χ4n) is 1.83. The number of aromatic nitrogens is 2. The number of rotatable bonds is 3. The van der Waals surface area contributed by atoms with E-state index in [4.69, 9.17) is 0 Å². The highest BCUT2D eigenvalue weighted by Crippen LogP contribution is 2.16. The second-order valence-electron chi connectivity index (χ2n) is 3.78. The van der Waals surface area contributed by atoms with E-state index >= 15 is 0 Å². The van der Waals surface area contributed by atoms with E-state index in [0.29, 0.717) is 11.0 Å². The Labute approximate surface area is 100 Å². The smallest absolute Gasteiger partial charge is 0.295 e. The molecule has 1 aromatic carbocycles. The van der Waals surface area contributed by atoms with Crippen LogP contribution in [0.15, 0.2) is 29.1 Å². The van der Waals surface area contributed by atoms with Crippen molar-refractivity contribution in [1.82, 2.24) is 9.13 Å². The number of benzene rings is 1. The van der Waals surface area contributed by atoms with E-state index in [1.807, 2.05) is 0 Å². The summed E-state index contributed by atoms with van der Waals surface area (Å²) in [4.78, 5) is 11.8. The van der Waals surface area contributed by atoms with Gasteiger partial charge in [0.1, 0.15) is 0 Å². The number of alkyl halides is 3. The molecule has 0 bridgehead atoms. The molecule has 0 spiro atoms. The lowest BCUT2D eigenvalue weighted by Gasteiger charge is -2.07. The molecule has 0 unspecified atom stereocenters. The standard InChI is InChI=1S/C11H11F3N2O2/c1-15-8-4-2-3-5-9(8)16(10(15)17)6-7-18-11(12,13)14/h2-5H,6-7H2,1H3. The van der Waals surface area contributed by atoms with Crippen LogP contribution in [0, 0.1) is 0 Å². The molecule has 0 aliphatic rings. The zero-order chi connectivity index (χ0) is 13.3. The number of aryl methyl sites for hydroxylation is 1. The molecule has 1 heterocycles. The summed E-state index contributed by atoms with van der Waals surface area (Å²) >= 11 is 0. The molecular weight excluding hydrogens is 249 g/mol. The number of para-hydroxylation sites is 2. The molecule has 4 nitrogen and oxygen atoms in total. The quantitative estimate of drug-likeness (QED) is 0.844. The number of ether oxygens (including phenoxy) is 1. The van der Waals surface area contributed by atoms with Gasteiger partial charge in [-0.3, -0.25) is 13.9 Å². The van der Waals surface area contributed by atoms with Crippen molar-refractivity contribution in [3.05, 3.63) is 34.7 Å². The van der Waals surface area contributed by atoms with Crippen LogP contribution in [0.25, 0.3) is 11.0 Å². The van der Waals surface area contributed by atoms with E-state index < -0.39 is 13.0 Å². The van der Waals surface area contributed by atoms with Crippen LogP contribution in [0.3, 0.4) is 0 Å². The van der Waals surface area contributed by atoms with Crippen LogP contribution >= 0.6 is 0 Å². The summed E-state index contributed by atoms with van der Waals surface area (Å²) in [5, 5.41) is 0. The minimum absolute atomic E-state index is 0.139. The van der Waals surface area contributed by atoms with Gasteiger partial charge in [-0.1, -0.05) is 12.1 Å². The Morgan fingerprint density at radius 2 is 1.83 bits per heavy atom. The molecule has 0 N–H and O–H groups in total. The van der Waals surface area contributed by atoms with Crippen LogP contribution < -0.4 is 5.69 Å². The minimum Gasteiger partial charge on any atom is -0.295 e. The summed E-state index contributed by atoms with van der Waals surface area (Å²) in [6, 6.07) is 6.91. The highest BCUT2D eigenvalue weighted by molar-refractivity contribution is 5.75. The molecule has 0 atom stereocenters. The van der Waals surface area contributed by atoms with Crippen LogP contribution in [0.1, 0.15) is 0 Å². The van der Waals surface area contributed by atoms with Gasteiger partial charge >= 0.3 is 12.1 Å². The first-order valence-electron chi connectivity index (χ1n) is 5.25. The van der Waals surface area contributed by atoms with Gasteiger partial charge in [-0.05, 0) is 12.1 Å². The van der Waals surface area contributed by atoms with E-state index in [2.05, 4.69) is 4.74 Å². The van der Waals surface area contributed by atoms with E-state index in [0.717, 1.165) is 0 Å². The lowest BCUT2D eigenvalue weighted by molar-refractivity contribution is -0.325. The first kappa shape index (κ1) is 12.7. The molecule has 98 valence electrons. The second-order valence-corrected chi connectivity index (χ2v) is 3.78. The first-order chi connectivity index (χ1) is 8.40. The Morgan fingerprint density at radius 3 is 2.44 bits per heavy atom. The molecule has 2 aromatic rings. The Bertz CT molecular complexity index is 613. The van der Waals surface area contributed by atoms with Gasteiger partial charge in [0.05, 0.1) is 24.2 Å². The van der Waals surface area contributed by atoms with Crippen LogP contribution in [0.5, 0.6) is 0 Å². The van der Waals surface area contributed by atoms with Gasteiger partial charge in [-0.2, -0.15) is 0 Å². The summed E-state index contributed by atoms with van der Waals surface area (Å²) in [6.45, 7) is -0.725. The average Bonchev–Trinajstić information content (AvgIpc) is 2.53. The Balaban J connectivity index is 2.28. The highest BCUT2D eigenvalue weighted by atomic mass is 19.4. The average molecular weight is 260 g/mol. The largest absolute Gasteiger partial charge is 0.522 e. The number of nitrogens with zero attached hydrogens (tertiary/aromatic N) is 2. The molecule has 0 fully saturated rings. The van der Waals surface area contributed by atoms with Crippen LogP contribution in [0.4, 0.5) is 13.2 Å². The maximum atomic E-state index is 11.9. The molecule has 2 rings (SSSR count). The van der Waals surface area contributed by atoms with Gasteiger partial charge in [0.25, 0.3) is 0 Å². The fraction of sp³-hybridized carbons (Fsp3) is 0.364. The van der Waals surface area contributed by atoms with Crippen molar-refractivity contribution in [1.29, 1.82) is 0 Å². The molecule has 0 radical (unpaired) electrons. The van der Waals surface area contributed by atoms with Crippen molar-refractivity contribution >= 4 is 11.0 Å². The lowest BCUT2D eigenvalue weighted by Crippen LogP contribution is -2.25. The van der Waals surface area contributed by atoms with Crippen molar-refractivity contribution < 1.29 is 17.9 Å². The van der Waals surface area contributed by atoms with Gasteiger partial charge < -0.3 is 0 Å². The van der Waals surface area contributed by atoms with Crippen LogP contribution in [-0.2, 0) is 18.3 Å². The molecule has 1 aromatic heterocycles. The SMILES string of the molecule is Cn1c(=O)n(CCOC(F)(F)F)c2ccccc21. The predicted octanol–water partition coefficient (Wildman–Crippen LogP) is 1.88. The highest BCUT2D eigenvalue weighted by Gasteiger charge is 2.28. The summed E-state index contributed by atoms with van der Waals surface area (Å²) in [6.07, 6.45) is -4.67. The number of hydrogen-bond donors (Lipinski definition) is 0. The Morgan fingerprint density at radius 1 is 1.22 bits per heavy atom. The maximum Gasteiger partial charge on any atom is 0.522 e. The Hall–Kier alpha value is -1.76. The molecule has 0 aliphatic carbocycles.